The first-order valence-electron chi connectivity index (χ1n) is 6.86. The van der Waals surface area contributed by atoms with Gasteiger partial charge < -0.3 is 15.4 Å². The van der Waals surface area contributed by atoms with Gasteiger partial charge in [-0.1, -0.05) is 29.8 Å². The topological polar surface area (TPSA) is 50.4 Å². The lowest BCUT2D eigenvalue weighted by atomic mass is 9.94. The van der Waals surface area contributed by atoms with E-state index in [0.717, 1.165) is 17.1 Å². The monoisotopic (exact) mass is 296 g/mol. The molecular weight excluding hydrogens is 276 g/mol. The summed E-state index contributed by atoms with van der Waals surface area (Å²) in [5.41, 5.74) is 0.658. The number of hydrogen-bond donors (Lipinski definition) is 2. The number of rotatable bonds is 4. The Morgan fingerprint density at radius 2 is 2.25 bits per heavy atom. The summed E-state index contributed by atoms with van der Waals surface area (Å²) in [5, 5.41) is 6.92. The summed E-state index contributed by atoms with van der Waals surface area (Å²) in [7, 11) is 0. The van der Waals surface area contributed by atoms with Crippen LogP contribution >= 0.6 is 11.6 Å². The third-order valence-corrected chi connectivity index (χ3v) is 3.64. The highest BCUT2D eigenvalue weighted by molar-refractivity contribution is 6.31. The maximum atomic E-state index is 12.2. The average Bonchev–Trinajstić information content (AvgIpc) is 2.41. The smallest absolute Gasteiger partial charge is 0.250 e. The van der Waals surface area contributed by atoms with Gasteiger partial charge in [0.2, 0.25) is 0 Å². The van der Waals surface area contributed by atoms with Crippen molar-refractivity contribution in [2.24, 2.45) is 0 Å². The zero-order chi connectivity index (χ0) is 14.6. The summed E-state index contributed by atoms with van der Waals surface area (Å²) in [4.78, 5) is 12.2. The summed E-state index contributed by atoms with van der Waals surface area (Å²) in [6, 6.07) is 7.70. The van der Waals surface area contributed by atoms with E-state index in [9.17, 15) is 4.79 Å². The molecule has 20 heavy (non-hydrogen) atoms. The van der Waals surface area contributed by atoms with E-state index in [-0.39, 0.29) is 11.4 Å². The summed E-state index contributed by atoms with van der Waals surface area (Å²) in [6.07, 6.45) is 0.271. The first-order valence-corrected chi connectivity index (χ1v) is 7.23. The van der Waals surface area contributed by atoms with E-state index in [4.69, 9.17) is 16.3 Å². The summed E-state index contributed by atoms with van der Waals surface area (Å²) < 4.78 is 5.46. The van der Waals surface area contributed by atoms with Crippen LogP contribution in [0.15, 0.2) is 24.3 Å². The van der Waals surface area contributed by atoms with E-state index in [2.05, 4.69) is 10.6 Å². The van der Waals surface area contributed by atoms with Crippen LogP contribution in [0.3, 0.4) is 0 Å². The number of hydrogen-bond acceptors (Lipinski definition) is 3. The largest absolute Gasteiger partial charge is 0.366 e. The third kappa shape index (κ3) is 4.20. The van der Waals surface area contributed by atoms with Crippen molar-refractivity contribution in [3.63, 3.8) is 0 Å². The predicted octanol–water partition coefficient (Wildman–Crippen LogP) is 1.77. The molecule has 0 saturated carbocycles. The Balaban J connectivity index is 1.96. The lowest BCUT2D eigenvalue weighted by Gasteiger charge is -2.30. The summed E-state index contributed by atoms with van der Waals surface area (Å²) in [5.74, 6) is -0.0748. The quantitative estimate of drug-likeness (QED) is 0.890. The molecule has 1 aliphatic heterocycles. The molecule has 1 aliphatic rings. The van der Waals surface area contributed by atoms with Crippen LogP contribution in [0.2, 0.25) is 5.02 Å². The second-order valence-corrected chi connectivity index (χ2v) is 6.11. The van der Waals surface area contributed by atoms with Gasteiger partial charge in [-0.25, -0.2) is 0 Å². The highest BCUT2D eigenvalue weighted by Gasteiger charge is 2.28. The Bertz CT molecular complexity index is 471. The molecule has 0 aliphatic carbocycles. The van der Waals surface area contributed by atoms with Gasteiger partial charge in [-0.2, -0.15) is 0 Å². The number of morpholine rings is 1. The molecule has 2 rings (SSSR count). The molecule has 1 unspecified atom stereocenters. The van der Waals surface area contributed by atoms with Crippen molar-refractivity contribution in [1.82, 2.24) is 10.6 Å². The molecule has 5 heteroatoms. The molecule has 0 aromatic heterocycles. The predicted molar refractivity (Wildman–Crippen MR) is 80.0 cm³/mol. The van der Waals surface area contributed by atoms with Crippen LogP contribution in [0.1, 0.15) is 19.4 Å². The summed E-state index contributed by atoms with van der Waals surface area (Å²) in [6.45, 7) is 5.92. The molecule has 1 saturated heterocycles. The number of carbonyl (C=O) groups is 1. The minimum atomic E-state index is -0.408. The molecule has 0 bridgehead atoms. The van der Waals surface area contributed by atoms with Gasteiger partial charge in [0, 0.05) is 23.7 Å². The van der Waals surface area contributed by atoms with Crippen molar-refractivity contribution >= 4 is 17.5 Å². The Labute approximate surface area is 124 Å². The van der Waals surface area contributed by atoms with E-state index in [0.29, 0.717) is 19.6 Å². The van der Waals surface area contributed by atoms with Gasteiger partial charge in [-0.15, -0.1) is 0 Å². The lowest BCUT2D eigenvalue weighted by Crippen LogP contribution is -2.54. The van der Waals surface area contributed by atoms with Gasteiger partial charge in [0.05, 0.1) is 6.61 Å². The molecule has 1 amide bonds. The molecule has 110 valence electrons. The van der Waals surface area contributed by atoms with Gasteiger partial charge in [-0.05, 0) is 31.9 Å². The fraction of sp³-hybridized carbons (Fsp3) is 0.533. The molecule has 1 fully saturated rings. The van der Waals surface area contributed by atoms with Crippen LogP contribution in [0.4, 0.5) is 0 Å². The highest BCUT2D eigenvalue weighted by Crippen LogP contribution is 2.21. The average molecular weight is 297 g/mol. The Morgan fingerprint density at radius 3 is 2.90 bits per heavy atom. The van der Waals surface area contributed by atoms with E-state index in [1.54, 1.807) is 0 Å². The number of nitrogens with one attached hydrogen (secondary N) is 2. The van der Waals surface area contributed by atoms with Gasteiger partial charge >= 0.3 is 0 Å². The first kappa shape index (κ1) is 15.3. The number of benzene rings is 1. The first-order chi connectivity index (χ1) is 9.48. The Hall–Kier alpha value is -1.10. The molecule has 2 N–H and O–H groups in total. The van der Waals surface area contributed by atoms with E-state index < -0.39 is 6.10 Å². The minimum Gasteiger partial charge on any atom is -0.366 e. The normalized spacial score (nSPS) is 19.6. The van der Waals surface area contributed by atoms with Crippen LogP contribution in [0.25, 0.3) is 0 Å². The standard InChI is InChI=1S/C15H21ClN2O2/c1-15(2,9-11-5-3-4-6-12(11)16)18-14(19)13-10-17-7-8-20-13/h3-6,13,17H,7-10H2,1-2H3,(H,18,19). The SMILES string of the molecule is CC(C)(Cc1ccccc1Cl)NC(=O)C1CNCCO1. The molecular formula is C15H21ClN2O2. The van der Waals surface area contributed by atoms with Crippen molar-refractivity contribution in [1.29, 1.82) is 0 Å². The van der Waals surface area contributed by atoms with E-state index in [1.165, 1.54) is 0 Å². The molecule has 1 aromatic rings. The van der Waals surface area contributed by atoms with Gasteiger partial charge in [0.25, 0.3) is 5.91 Å². The highest BCUT2D eigenvalue weighted by atomic mass is 35.5. The second kappa shape index (κ2) is 6.57. The van der Waals surface area contributed by atoms with Gasteiger partial charge in [0.1, 0.15) is 6.10 Å². The minimum absolute atomic E-state index is 0.0748. The van der Waals surface area contributed by atoms with Crippen LogP contribution in [0.5, 0.6) is 0 Å². The van der Waals surface area contributed by atoms with Gasteiger partial charge in [-0.3, -0.25) is 4.79 Å². The number of carbonyl (C=O) groups excluding carboxylic acids is 1. The van der Waals surface area contributed by atoms with Crippen LogP contribution in [0, 0.1) is 0 Å². The fourth-order valence-corrected chi connectivity index (χ4v) is 2.51. The zero-order valence-electron chi connectivity index (χ0n) is 11.9. The molecule has 4 nitrogen and oxygen atoms in total. The van der Waals surface area contributed by atoms with Crippen molar-refractivity contribution in [2.75, 3.05) is 19.7 Å². The Morgan fingerprint density at radius 1 is 1.50 bits per heavy atom. The third-order valence-electron chi connectivity index (χ3n) is 3.27. The number of halogens is 1. The number of amides is 1. The maximum Gasteiger partial charge on any atom is 0.250 e. The Kier molecular flexibility index (Phi) is 5.02. The van der Waals surface area contributed by atoms with Crippen LogP contribution < -0.4 is 10.6 Å². The van der Waals surface area contributed by atoms with Crippen molar-refractivity contribution in [2.45, 2.75) is 31.9 Å². The zero-order valence-corrected chi connectivity index (χ0v) is 12.7. The fourth-order valence-electron chi connectivity index (χ4n) is 2.31. The molecule has 0 radical (unpaired) electrons. The van der Waals surface area contributed by atoms with Crippen molar-refractivity contribution in [3.05, 3.63) is 34.9 Å². The molecule has 0 spiro atoms. The van der Waals surface area contributed by atoms with Crippen molar-refractivity contribution in [3.8, 4) is 0 Å². The van der Waals surface area contributed by atoms with E-state index in [1.807, 2.05) is 38.1 Å². The molecule has 1 heterocycles. The maximum absolute atomic E-state index is 12.2. The van der Waals surface area contributed by atoms with Crippen LogP contribution in [-0.4, -0.2) is 37.2 Å². The summed E-state index contributed by atoms with van der Waals surface area (Å²) >= 11 is 6.17. The molecule has 1 atom stereocenters. The van der Waals surface area contributed by atoms with Crippen LogP contribution in [-0.2, 0) is 16.0 Å². The van der Waals surface area contributed by atoms with Crippen molar-refractivity contribution < 1.29 is 9.53 Å². The van der Waals surface area contributed by atoms with Gasteiger partial charge in [0.15, 0.2) is 0 Å². The number of ether oxygens (including phenoxy) is 1. The molecule has 1 aromatic carbocycles. The second-order valence-electron chi connectivity index (χ2n) is 5.70. The van der Waals surface area contributed by atoms with E-state index >= 15 is 0 Å². The lowest BCUT2D eigenvalue weighted by molar-refractivity contribution is -0.135.